The first kappa shape index (κ1) is 14.4. The summed E-state index contributed by atoms with van der Waals surface area (Å²) in [6, 6.07) is 1.76. The summed E-state index contributed by atoms with van der Waals surface area (Å²) >= 11 is 0. The molecule has 0 saturated heterocycles. The van der Waals surface area contributed by atoms with Gasteiger partial charge in [-0.05, 0) is 19.8 Å². The van der Waals surface area contributed by atoms with E-state index in [0.29, 0.717) is 18.6 Å². The van der Waals surface area contributed by atoms with Crippen LogP contribution in [0.2, 0.25) is 0 Å². The van der Waals surface area contributed by atoms with Crippen molar-refractivity contribution >= 4 is 11.7 Å². The highest BCUT2D eigenvalue weighted by molar-refractivity contribution is 6.06. The van der Waals surface area contributed by atoms with Gasteiger partial charge in [0, 0.05) is 6.07 Å². The Morgan fingerprint density at radius 1 is 1.55 bits per heavy atom. The lowest BCUT2D eigenvalue weighted by molar-refractivity contribution is -0.129. The fraction of sp³-hybridized carbons (Fsp3) is 0.615. The van der Waals surface area contributed by atoms with E-state index in [1.807, 2.05) is 6.92 Å². The molecule has 0 atom stereocenters. The third-order valence-corrected chi connectivity index (χ3v) is 3.84. The molecule has 0 aromatic carbocycles. The summed E-state index contributed by atoms with van der Waals surface area (Å²) in [6.45, 7) is 2.06. The number of oxime groups is 1. The summed E-state index contributed by atoms with van der Waals surface area (Å²) in [4.78, 5) is 12.5. The number of aromatic nitrogens is 1. The molecular formula is C13H20N4O3. The van der Waals surface area contributed by atoms with Crippen LogP contribution < -0.4 is 11.1 Å². The van der Waals surface area contributed by atoms with Crippen molar-refractivity contribution in [2.75, 3.05) is 0 Å². The predicted molar refractivity (Wildman–Crippen MR) is 72.0 cm³/mol. The maximum Gasteiger partial charge on any atom is 0.234 e. The highest BCUT2D eigenvalue weighted by atomic mass is 16.5. The number of amides is 1. The first-order chi connectivity index (χ1) is 9.58. The second-order valence-corrected chi connectivity index (χ2v) is 5.25. The van der Waals surface area contributed by atoms with Crippen molar-refractivity contribution in [3.63, 3.8) is 0 Å². The molecular weight excluding hydrogens is 260 g/mol. The van der Waals surface area contributed by atoms with Gasteiger partial charge >= 0.3 is 0 Å². The summed E-state index contributed by atoms with van der Waals surface area (Å²) in [5.41, 5.74) is 5.62. The van der Waals surface area contributed by atoms with Gasteiger partial charge in [0.05, 0.1) is 12.2 Å². The van der Waals surface area contributed by atoms with Crippen LogP contribution in [0.1, 0.15) is 43.6 Å². The number of nitrogens with two attached hydrogens (primary N) is 1. The Hall–Kier alpha value is -2.05. The van der Waals surface area contributed by atoms with Crippen LogP contribution in [0.15, 0.2) is 15.7 Å². The minimum Gasteiger partial charge on any atom is -0.409 e. The molecule has 0 spiro atoms. The van der Waals surface area contributed by atoms with Crippen LogP contribution >= 0.6 is 0 Å². The van der Waals surface area contributed by atoms with Crippen LogP contribution in [-0.4, -0.2) is 22.1 Å². The van der Waals surface area contributed by atoms with Crippen molar-refractivity contribution in [2.45, 2.75) is 45.6 Å². The van der Waals surface area contributed by atoms with E-state index >= 15 is 0 Å². The van der Waals surface area contributed by atoms with Gasteiger partial charge in [0.15, 0.2) is 11.6 Å². The number of carbonyl (C=O) groups is 1. The topological polar surface area (TPSA) is 114 Å². The van der Waals surface area contributed by atoms with Gasteiger partial charge in [0.1, 0.15) is 5.41 Å². The minimum atomic E-state index is -0.901. The molecule has 0 unspecified atom stereocenters. The van der Waals surface area contributed by atoms with Crippen molar-refractivity contribution in [1.29, 1.82) is 0 Å². The monoisotopic (exact) mass is 280 g/mol. The normalized spacial score (nSPS) is 18.8. The third-order valence-electron chi connectivity index (χ3n) is 3.84. The Labute approximate surface area is 117 Å². The summed E-state index contributed by atoms with van der Waals surface area (Å²) in [5.74, 6) is 0.353. The van der Waals surface area contributed by atoms with E-state index in [4.69, 9.17) is 15.5 Å². The number of aryl methyl sites for hydroxylation is 1. The van der Waals surface area contributed by atoms with E-state index in [2.05, 4.69) is 15.6 Å². The zero-order valence-electron chi connectivity index (χ0n) is 11.6. The molecule has 0 aliphatic heterocycles. The molecule has 1 aliphatic carbocycles. The second-order valence-electron chi connectivity index (χ2n) is 5.25. The van der Waals surface area contributed by atoms with Crippen LogP contribution in [0.3, 0.4) is 0 Å². The Morgan fingerprint density at radius 2 is 2.25 bits per heavy atom. The minimum absolute atomic E-state index is 0.0107. The highest BCUT2D eigenvalue weighted by Crippen LogP contribution is 2.36. The Balaban J connectivity index is 2.07. The van der Waals surface area contributed by atoms with Crippen molar-refractivity contribution in [3.05, 3.63) is 17.5 Å². The van der Waals surface area contributed by atoms with Crippen LogP contribution in [0.25, 0.3) is 0 Å². The molecule has 20 heavy (non-hydrogen) atoms. The number of carbonyl (C=O) groups excluding carboxylic acids is 1. The van der Waals surface area contributed by atoms with Gasteiger partial charge in [-0.25, -0.2) is 0 Å². The fourth-order valence-corrected chi connectivity index (χ4v) is 2.69. The lowest BCUT2D eigenvalue weighted by Crippen LogP contribution is -2.50. The summed E-state index contributed by atoms with van der Waals surface area (Å²) in [7, 11) is 0. The van der Waals surface area contributed by atoms with Crippen molar-refractivity contribution in [3.8, 4) is 0 Å². The summed E-state index contributed by atoms with van der Waals surface area (Å²) in [5, 5.41) is 18.6. The van der Waals surface area contributed by atoms with E-state index in [1.54, 1.807) is 6.07 Å². The number of nitrogens with zero attached hydrogens (tertiary/aromatic N) is 2. The summed E-state index contributed by atoms with van der Waals surface area (Å²) < 4.78 is 5.05. The number of rotatable bonds is 4. The molecule has 0 radical (unpaired) electrons. The Kier molecular flexibility index (Phi) is 4.26. The average molecular weight is 280 g/mol. The lowest BCUT2D eigenvalue weighted by atomic mass is 9.72. The van der Waals surface area contributed by atoms with Crippen LogP contribution in [0, 0.1) is 12.3 Å². The van der Waals surface area contributed by atoms with Gasteiger partial charge in [-0.15, -0.1) is 0 Å². The zero-order chi connectivity index (χ0) is 14.6. The molecule has 1 aromatic rings. The molecule has 4 N–H and O–H groups in total. The first-order valence-electron chi connectivity index (χ1n) is 6.77. The quantitative estimate of drug-likeness (QED) is 0.333. The molecule has 1 saturated carbocycles. The molecule has 1 fully saturated rings. The predicted octanol–water partition coefficient (Wildman–Crippen LogP) is 1.30. The van der Waals surface area contributed by atoms with Crippen molar-refractivity contribution in [2.24, 2.45) is 16.3 Å². The van der Waals surface area contributed by atoms with Gasteiger partial charge < -0.3 is 20.8 Å². The second kappa shape index (κ2) is 5.94. The van der Waals surface area contributed by atoms with Gasteiger partial charge in [-0.1, -0.05) is 29.6 Å². The molecule has 7 nitrogen and oxygen atoms in total. The van der Waals surface area contributed by atoms with Crippen LogP contribution in [-0.2, 0) is 11.3 Å². The zero-order valence-corrected chi connectivity index (χ0v) is 11.6. The standard InChI is InChI=1S/C13H20N4O3/c1-9-7-10(20-17-9)8-15-12(18)13(11(14)16-19)5-3-2-4-6-13/h7,19H,2-6,8H2,1H3,(H2,14,16)(H,15,18). The van der Waals surface area contributed by atoms with E-state index in [1.165, 1.54) is 0 Å². The average Bonchev–Trinajstić information content (AvgIpc) is 2.90. The molecule has 2 rings (SSSR count). The highest BCUT2D eigenvalue weighted by Gasteiger charge is 2.43. The van der Waals surface area contributed by atoms with E-state index in [9.17, 15) is 4.79 Å². The SMILES string of the molecule is Cc1cc(CNC(=O)C2(C(N)=NO)CCCCC2)on1. The van der Waals surface area contributed by atoms with Gasteiger partial charge in [-0.2, -0.15) is 0 Å². The molecule has 0 bridgehead atoms. The van der Waals surface area contributed by atoms with Gasteiger partial charge in [0.25, 0.3) is 0 Å². The molecule has 1 heterocycles. The number of hydrogen-bond donors (Lipinski definition) is 3. The largest absolute Gasteiger partial charge is 0.409 e. The maximum absolute atomic E-state index is 12.5. The number of hydrogen-bond acceptors (Lipinski definition) is 5. The van der Waals surface area contributed by atoms with Crippen LogP contribution in [0.5, 0.6) is 0 Å². The fourth-order valence-electron chi connectivity index (χ4n) is 2.69. The van der Waals surface area contributed by atoms with Crippen molar-refractivity contribution in [1.82, 2.24) is 10.5 Å². The molecule has 1 amide bonds. The number of amidine groups is 1. The summed E-state index contributed by atoms with van der Waals surface area (Å²) in [6.07, 6.45) is 4.06. The Morgan fingerprint density at radius 3 is 2.80 bits per heavy atom. The van der Waals surface area contributed by atoms with E-state index in [0.717, 1.165) is 25.0 Å². The van der Waals surface area contributed by atoms with Crippen molar-refractivity contribution < 1.29 is 14.5 Å². The van der Waals surface area contributed by atoms with Gasteiger partial charge in [0.2, 0.25) is 5.91 Å². The smallest absolute Gasteiger partial charge is 0.234 e. The first-order valence-corrected chi connectivity index (χ1v) is 6.77. The third kappa shape index (κ3) is 2.76. The molecule has 7 heteroatoms. The number of nitrogens with one attached hydrogen (secondary N) is 1. The van der Waals surface area contributed by atoms with E-state index in [-0.39, 0.29) is 18.3 Å². The van der Waals surface area contributed by atoms with Gasteiger partial charge in [-0.3, -0.25) is 4.79 Å². The maximum atomic E-state index is 12.5. The Bertz CT molecular complexity index is 503. The molecule has 1 aliphatic rings. The lowest BCUT2D eigenvalue weighted by Gasteiger charge is -2.34. The molecule has 110 valence electrons. The molecule has 1 aromatic heterocycles. The van der Waals surface area contributed by atoms with E-state index < -0.39 is 5.41 Å². The van der Waals surface area contributed by atoms with Crippen LogP contribution in [0.4, 0.5) is 0 Å².